The van der Waals surface area contributed by atoms with Gasteiger partial charge in [0, 0.05) is 29.2 Å². The molecule has 0 aliphatic carbocycles. The van der Waals surface area contributed by atoms with Gasteiger partial charge in [-0.15, -0.1) is 11.8 Å². The molecular weight excluding hydrogens is 258 g/mol. The molecule has 5 heteroatoms. The van der Waals surface area contributed by atoms with Crippen LogP contribution >= 0.6 is 11.8 Å². The Hall–Kier alpha value is -1.20. The third kappa shape index (κ3) is 3.64. The molecule has 19 heavy (non-hydrogen) atoms. The predicted molar refractivity (Wildman–Crippen MR) is 79.9 cm³/mol. The van der Waals surface area contributed by atoms with Gasteiger partial charge in [-0.3, -0.25) is 0 Å². The van der Waals surface area contributed by atoms with Crippen LogP contribution < -0.4 is 5.73 Å². The Morgan fingerprint density at radius 3 is 3.00 bits per heavy atom. The molecule has 3 N–H and O–H groups in total. The first-order chi connectivity index (χ1) is 9.10. The Morgan fingerprint density at radius 2 is 2.32 bits per heavy atom. The molecule has 0 amide bonds. The molecule has 0 aromatic heterocycles. The summed E-state index contributed by atoms with van der Waals surface area (Å²) >= 11 is 1.95. The lowest BCUT2D eigenvalue weighted by atomic mass is 10.1. The lowest BCUT2D eigenvalue weighted by Crippen LogP contribution is -2.36. The number of nitrogens with two attached hydrogens (primary N) is 1. The standard InChI is InChI=1S/C14H21N3OS/c1-10(14(15)16-18)8-17(2)9-12-7-11-5-3-4-6-13(11)19-12/h3-6,10,12,18H,7-9H2,1-2H3,(H2,15,16). The van der Waals surface area contributed by atoms with Crippen molar-refractivity contribution in [2.75, 3.05) is 20.1 Å². The number of rotatable bonds is 5. The van der Waals surface area contributed by atoms with Crippen molar-refractivity contribution in [3.63, 3.8) is 0 Å². The maximum atomic E-state index is 8.66. The van der Waals surface area contributed by atoms with Crippen LogP contribution in [0.2, 0.25) is 0 Å². The van der Waals surface area contributed by atoms with Gasteiger partial charge in [-0.05, 0) is 25.1 Å². The Morgan fingerprint density at radius 1 is 1.58 bits per heavy atom. The van der Waals surface area contributed by atoms with Gasteiger partial charge in [-0.25, -0.2) is 0 Å². The minimum Gasteiger partial charge on any atom is -0.409 e. The van der Waals surface area contributed by atoms with E-state index >= 15 is 0 Å². The quantitative estimate of drug-likeness (QED) is 0.375. The zero-order valence-electron chi connectivity index (χ0n) is 11.4. The van der Waals surface area contributed by atoms with Crippen molar-refractivity contribution in [1.82, 2.24) is 4.90 Å². The smallest absolute Gasteiger partial charge is 0.143 e. The third-order valence-electron chi connectivity index (χ3n) is 3.44. The summed E-state index contributed by atoms with van der Waals surface area (Å²) in [6.07, 6.45) is 1.13. The van der Waals surface area contributed by atoms with Crippen LogP contribution in [0.3, 0.4) is 0 Å². The maximum absolute atomic E-state index is 8.66. The zero-order valence-corrected chi connectivity index (χ0v) is 12.2. The molecular formula is C14H21N3OS. The predicted octanol–water partition coefficient (Wildman–Crippen LogP) is 2.02. The number of hydrogen-bond acceptors (Lipinski definition) is 4. The summed E-state index contributed by atoms with van der Waals surface area (Å²) < 4.78 is 0. The van der Waals surface area contributed by atoms with E-state index in [1.54, 1.807) is 0 Å². The SMILES string of the molecule is CC(CN(C)CC1Cc2ccccc2S1)C(N)=NO. The molecule has 0 saturated heterocycles. The second-order valence-corrected chi connectivity index (χ2v) is 6.54. The van der Waals surface area contributed by atoms with E-state index in [0.29, 0.717) is 11.1 Å². The molecule has 1 aromatic carbocycles. The van der Waals surface area contributed by atoms with E-state index in [4.69, 9.17) is 10.9 Å². The summed E-state index contributed by atoms with van der Waals surface area (Å²) in [6, 6.07) is 8.60. The molecule has 2 rings (SSSR count). The van der Waals surface area contributed by atoms with Crippen molar-refractivity contribution in [3.8, 4) is 0 Å². The second kappa shape index (κ2) is 6.30. The van der Waals surface area contributed by atoms with Crippen LogP contribution in [0.1, 0.15) is 12.5 Å². The summed E-state index contributed by atoms with van der Waals surface area (Å²) in [7, 11) is 2.09. The van der Waals surface area contributed by atoms with Gasteiger partial charge in [-0.1, -0.05) is 30.3 Å². The Balaban J connectivity index is 1.84. The first-order valence-electron chi connectivity index (χ1n) is 6.50. The van der Waals surface area contributed by atoms with Crippen LogP contribution in [0.15, 0.2) is 34.3 Å². The number of amidine groups is 1. The molecule has 0 fully saturated rings. The molecule has 0 bridgehead atoms. The fraction of sp³-hybridized carbons (Fsp3) is 0.500. The van der Waals surface area contributed by atoms with Gasteiger partial charge in [0.2, 0.25) is 0 Å². The molecule has 104 valence electrons. The number of benzene rings is 1. The highest BCUT2D eigenvalue weighted by atomic mass is 32.2. The monoisotopic (exact) mass is 279 g/mol. The number of nitrogens with zero attached hydrogens (tertiary/aromatic N) is 2. The molecule has 0 spiro atoms. The fourth-order valence-corrected chi connectivity index (χ4v) is 3.85. The third-order valence-corrected chi connectivity index (χ3v) is 4.74. The summed E-state index contributed by atoms with van der Waals surface area (Å²) in [4.78, 5) is 3.66. The number of oxime groups is 1. The minimum atomic E-state index is 0.0729. The fourth-order valence-electron chi connectivity index (χ4n) is 2.44. The lowest BCUT2D eigenvalue weighted by molar-refractivity contribution is 0.295. The summed E-state index contributed by atoms with van der Waals surface area (Å²) in [6.45, 7) is 3.80. The van der Waals surface area contributed by atoms with E-state index in [9.17, 15) is 0 Å². The van der Waals surface area contributed by atoms with Crippen LogP contribution in [0.5, 0.6) is 0 Å². The van der Waals surface area contributed by atoms with Gasteiger partial charge in [0.1, 0.15) is 5.84 Å². The van der Waals surface area contributed by atoms with Crippen LogP contribution in [0.25, 0.3) is 0 Å². The van der Waals surface area contributed by atoms with Crippen molar-refractivity contribution in [2.24, 2.45) is 16.8 Å². The van der Waals surface area contributed by atoms with Crippen LogP contribution in [0.4, 0.5) is 0 Å². The van der Waals surface area contributed by atoms with Gasteiger partial charge >= 0.3 is 0 Å². The average molecular weight is 279 g/mol. The van der Waals surface area contributed by atoms with Gasteiger partial charge in [-0.2, -0.15) is 0 Å². The van der Waals surface area contributed by atoms with E-state index in [-0.39, 0.29) is 5.92 Å². The topological polar surface area (TPSA) is 61.8 Å². The molecule has 4 nitrogen and oxygen atoms in total. The van der Waals surface area contributed by atoms with Gasteiger partial charge in [0.25, 0.3) is 0 Å². The average Bonchev–Trinajstić information content (AvgIpc) is 2.79. The number of thioether (sulfide) groups is 1. The highest BCUT2D eigenvalue weighted by molar-refractivity contribution is 8.00. The maximum Gasteiger partial charge on any atom is 0.143 e. The van der Waals surface area contributed by atoms with E-state index < -0.39 is 0 Å². The number of fused-ring (bicyclic) bond motifs is 1. The first kappa shape index (κ1) is 14.2. The Kier molecular flexibility index (Phi) is 4.71. The first-order valence-corrected chi connectivity index (χ1v) is 7.38. The number of hydrogen-bond donors (Lipinski definition) is 2. The normalized spacial score (nSPS) is 20.6. The van der Waals surface area contributed by atoms with Crippen molar-refractivity contribution < 1.29 is 5.21 Å². The second-order valence-electron chi connectivity index (χ2n) is 5.20. The molecule has 1 aliphatic heterocycles. The Labute approximate surface area is 118 Å². The van der Waals surface area contributed by atoms with Crippen molar-refractivity contribution in [3.05, 3.63) is 29.8 Å². The van der Waals surface area contributed by atoms with E-state index in [2.05, 4.69) is 41.4 Å². The molecule has 0 saturated carbocycles. The van der Waals surface area contributed by atoms with E-state index in [1.807, 2.05) is 18.7 Å². The van der Waals surface area contributed by atoms with E-state index in [0.717, 1.165) is 19.5 Å². The van der Waals surface area contributed by atoms with Crippen molar-refractivity contribution in [1.29, 1.82) is 0 Å². The highest BCUT2D eigenvalue weighted by Gasteiger charge is 2.23. The molecule has 1 aromatic rings. The molecule has 1 heterocycles. The van der Waals surface area contributed by atoms with Gasteiger partial charge in [0.05, 0.1) is 0 Å². The molecule has 0 radical (unpaired) electrons. The summed E-state index contributed by atoms with van der Waals surface area (Å²) in [5.74, 6) is 0.373. The minimum absolute atomic E-state index is 0.0729. The molecule has 2 atom stereocenters. The zero-order chi connectivity index (χ0) is 13.8. The largest absolute Gasteiger partial charge is 0.409 e. The highest BCUT2D eigenvalue weighted by Crippen LogP contribution is 2.36. The van der Waals surface area contributed by atoms with E-state index in [1.165, 1.54) is 10.5 Å². The van der Waals surface area contributed by atoms with Crippen molar-refractivity contribution in [2.45, 2.75) is 23.5 Å². The van der Waals surface area contributed by atoms with Crippen LogP contribution in [-0.2, 0) is 6.42 Å². The lowest BCUT2D eigenvalue weighted by Gasteiger charge is -2.23. The van der Waals surface area contributed by atoms with Gasteiger partial charge in [0.15, 0.2) is 0 Å². The summed E-state index contributed by atoms with van der Waals surface area (Å²) in [5.41, 5.74) is 7.06. The van der Waals surface area contributed by atoms with Crippen LogP contribution in [0, 0.1) is 5.92 Å². The van der Waals surface area contributed by atoms with Crippen molar-refractivity contribution >= 4 is 17.6 Å². The molecule has 1 aliphatic rings. The molecule has 2 unspecified atom stereocenters. The summed E-state index contributed by atoms with van der Waals surface area (Å²) in [5, 5.41) is 12.3. The van der Waals surface area contributed by atoms with Crippen LogP contribution in [-0.4, -0.2) is 41.3 Å². The Bertz CT molecular complexity index is 439. The van der Waals surface area contributed by atoms with Gasteiger partial charge < -0.3 is 15.8 Å².